The van der Waals surface area contributed by atoms with Gasteiger partial charge >= 0.3 is 0 Å². The Morgan fingerprint density at radius 2 is 0.663 bits per heavy atom. The summed E-state index contributed by atoms with van der Waals surface area (Å²) >= 11 is 0. The summed E-state index contributed by atoms with van der Waals surface area (Å²) in [5.41, 5.74) is 5.40. The molecule has 3 saturated heterocycles. The summed E-state index contributed by atoms with van der Waals surface area (Å²) in [6.07, 6.45) is -10.9. The maximum atomic E-state index is 12.7. The molecule has 3 aliphatic heterocycles. The van der Waals surface area contributed by atoms with Crippen LogP contribution in [0.5, 0.6) is 0 Å². The van der Waals surface area contributed by atoms with Crippen molar-refractivity contribution < 1.29 is 132 Å². The number of carbonyl (C=O) groups is 9. The van der Waals surface area contributed by atoms with E-state index in [4.69, 9.17) is 48.4 Å². The van der Waals surface area contributed by atoms with Crippen molar-refractivity contribution in [2.45, 2.75) is 215 Å². The number of carbonyl (C=O) groups excluding carboxylic acids is 9. The van der Waals surface area contributed by atoms with E-state index in [0.29, 0.717) is 64.3 Å². The predicted molar refractivity (Wildman–Crippen MR) is 342 cm³/mol. The molecule has 566 valence electrons. The fraction of sp³-hybridized carbons (Fsp3) is 0.855. The fourth-order valence-electron chi connectivity index (χ4n) is 10.4. The lowest BCUT2D eigenvalue weighted by Gasteiger charge is -2.42. The van der Waals surface area contributed by atoms with Crippen LogP contribution in [0.25, 0.3) is 0 Å². The third-order valence-electron chi connectivity index (χ3n) is 15.9. The molecule has 3 heterocycles. The molecule has 0 aromatic rings. The molecule has 98 heavy (non-hydrogen) atoms. The van der Waals surface area contributed by atoms with Crippen LogP contribution >= 0.6 is 0 Å². The van der Waals surface area contributed by atoms with Gasteiger partial charge in [0.2, 0.25) is 47.3 Å². The van der Waals surface area contributed by atoms with E-state index in [1.54, 1.807) is 0 Å². The van der Waals surface area contributed by atoms with Crippen molar-refractivity contribution in [3.05, 3.63) is 0 Å². The summed E-state index contributed by atoms with van der Waals surface area (Å²) in [5, 5.41) is 112. The first-order valence-corrected chi connectivity index (χ1v) is 33.7. The molecule has 0 saturated carbocycles. The summed E-state index contributed by atoms with van der Waals surface area (Å²) in [6, 6.07) is -2.15. The minimum Gasteiger partial charge on any atom is -0.394 e. The lowest BCUT2D eigenvalue weighted by atomic mass is 9.87. The van der Waals surface area contributed by atoms with E-state index in [9.17, 15) is 89.1 Å². The van der Waals surface area contributed by atoms with Crippen molar-refractivity contribution in [2.24, 2.45) is 11.7 Å². The Balaban J connectivity index is 1.34. The highest BCUT2D eigenvalue weighted by molar-refractivity contribution is 5.78. The number of hydrogen-bond acceptors (Lipinski definition) is 28. The van der Waals surface area contributed by atoms with Gasteiger partial charge < -0.3 is 142 Å². The van der Waals surface area contributed by atoms with Crippen LogP contribution in [0.4, 0.5) is 0 Å². The topological polar surface area (TPSA) is 541 Å². The third-order valence-corrected chi connectivity index (χ3v) is 15.9. The van der Waals surface area contributed by atoms with E-state index in [1.165, 1.54) is 20.8 Å². The van der Waals surface area contributed by atoms with E-state index < -0.39 is 129 Å². The number of nitrogens with two attached hydrogens (primary N) is 1. The first kappa shape index (κ1) is 86.9. The molecule has 0 radical (unpaired) electrons. The summed E-state index contributed by atoms with van der Waals surface area (Å²) in [4.78, 5) is 110. The zero-order valence-corrected chi connectivity index (χ0v) is 56.7. The van der Waals surface area contributed by atoms with E-state index in [-0.39, 0.29) is 178 Å². The predicted octanol–water partition coefficient (Wildman–Crippen LogP) is -6.75. The zero-order chi connectivity index (χ0) is 72.4. The second-order valence-electron chi connectivity index (χ2n) is 24.6. The average molecular weight is 1410 g/mol. The average Bonchev–Trinajstić information content (AvgIpc) is 0.825. The monoisotopic (exact) mass is 1410 g/mol. The number of ketones is 1. The second-order valence-corrected chi connectivity index (χ2v) is 24.6. The van der Waals surface area contributed by atoms with Gasteiger partial charge in [0.25, 0.3) is 0 Å². The molecule has 0 bridgehead atoms. The van der Waals surface area contributed by atoms with Gasteiger partial charge in [0, 0.05) is 124 Å². The van der Waals surface area contributed by atoms with Gasteiger partial charge in [-0.15, -0.1) is 0 Å². The Labute approximate surface area is 570 Å². The molecule has 3 rings (SSSR count). The van der Waals surface area contributed by atoms with Gasteiger partial charge in [0.05, 0.1) is 71.1 Å². The number of nitrogens with one attached hydrogen (secondary N) is 8. The van der Waals surface area contributed by atoms with Gasteiger partial charge in [-0.3, -0.25) is 38.4 Å². The number of aliphatic hydroxyl groups is 9. The maximum Gasteiger partial charge on any atom is 0.222 e. The van der Waals surface area contributed by atoms with Gasteiger partial charge in [0.1, 0.15) is 66.7 Å². The van der Waals surface area contributed by atoms with Crippen LogP contribution in [0.15, 0.2) is 0 Å². The second kappa shape index (κ2) is 49.3. The molecule has 0 aromatic heterocycles. The number of hydrogen-bond donors (Lipinski definition) is 18. The smallest absolute Gasteiger partial charge is 0.222 e. The van der Waals surface area contributed by atoms with Crippen LogP contribution in [0, 0.1) is 5.92 Å². The first-order valence-electron chi connectivity index (χ1n) is 33.7. The van der Waals surface area contributed by atoms with Gasteiger partial charge in [-0.1, -0.05) is 0 Å². The molecule has 36 heteroatoms. The first-order chi connectivity index (χ1) is 46.8. The van der Waals surface area contributed by atoms with Crippen molar-refractivity contribution in [3.8, 4) is 0 Å². The highest BCUT2D eigenvalue weighted by Crippen LogP contribution is 2.30. The van der Waals surface area contributed by atoms with Crippen LogP contribution in [-0.4, -0.2) is 309 Å². The number of unbranched alkanes of at least 4 members (excludes halogenated alkanes) is 3. The minimum absolute atomic E-state index is 0.0332. The molecule has 0 spiro atoms. The molecule has 0 unspecified atom stereocenters. The van der Waals surface area contributed by atoms with Gasteiger partial charge in [-0.2, -0.15) is 0 Å². The molecule has 15 atom stereocenters. The van der Waals surface area contributed by atoms with Crippen LogP contribution in [0.2, 0.25) is 0 Å². The van der Waals surface area contributed by atoms with E-state index >= 15 is 0 Å². The van der Waals surface area contributed by atoms with Gasteiger partial charge in [0.15, 0.2) is 18.9 Å². The Morgan fingerprint density at radius 1 is 0.378 bits per heavy atom. The van der Waals surface area contributed by atoms with Crippen LogP contribution in [0.3, 0.4) is 0 Å². The molecule has 3 aliphatic rings. The number of ether oxygens (including phenoxy) is 9. The Morgan fingerprint density at radius 3 is 0.959 bits per heavy atom. The van der Waals surface area contributed by atoms with Crippen molar-refractivity contribution in [2.75, 3.05) is 119 Å². The molecule has 8 amide bonds. The van der Waals surface area contributed by atoms with Crippen LogP contribution < -0.4 is 48.3 Å². The van der Waals surface area contributed by atoms with Crippen molar-refractivity contribution in [1.82, 2.24) is 42.5 Å². The highest BCUT2D eigenvalue weighted by Gasteiger charge is 2.48. The van der Waals surface area contributed by atoms with Crippen molar-refractivity contribution in [3.63, 3.8) is 0 Å². The van der Waals surface area contributed by atoms with Gasteiger partial charge in [-0.05, 0) is 64.7 Å². The summed E-state index contributed by atoms with van der Waals surface area (Å²) in [5.74, 6) is -3.67. The lowest BCUT2D eigenvalue weighted by Crippen LogP contribution is -2.64. The Bertz CT molecular complexity index is 2110. The molecular formula is C62H111N9O27. The third kappa shape index (κ3) is 34.8. The molecular weight excluding hydrogens is 1300 g/mol. The lowest BCUT2D eigenvalue weighted by molar-refractivity contribution is -0.285. The van der Waals surface area contributed by atoms with E-state index in [0.717, 1.165) is 0 Å². The molecule has 36 nitrogen and oxygen atoms in total. The summed E-state index contributed by atoms with van der Waals surface area (Å²) < 4.78 is 51.1. The number of rotatable bonds is 52. The number of Topliss-reactive ketones (excluding diaryl/α,β-unsaturated/α-hetero) is 1. The van der Waals surface area contributed by atoms with Crippen LogP contribution in [0.1, 0.15) is 124 Å². The van der Waals surface area contributed by atoms with E-state index in [2.05, 4.69) is 42.5 Å². The normalized spacial score (nSPS) is 25.5. The zero-order valence-electron chi connectivity index (χ0n) is 56.7. The minimum atomic E-state index is -1.44. The van der Waals surface area contributed by atoms with Crippen molar-refractivity contribution >= 4 is 53.0 Å². The maximum absolute atomic E-state index is 12.7. The number of amides is 8. The largest absolute Gasteiger partial charge is 0.394 e. The fourth-order valence-corrected chi connectivity index (χ4v) is 10.4. The van der Waals surface area contributed by atoms with Crippen molar-refractivity contribution in [1.29, 1.82) is 0 Å². The van der Waals surface area contributed by atoms with Gasteiger partial charge in [-0.25, -0.2) is 0 Å². The standard InChI is InChI=1S/C62H111N9O27/c1-38(75)31-41-53(84)54(85)42(32-72)96-59(41)93-25-7-4-13-45(78)64-19-10-22-67-48(81)16-28-90-35-62(63,36-91-29-17-49(82)68-23-11-20-65-46(79)14-5-8-26-94-60-51(70-39(2)76)57(88)55(86)43(33-73)97-60)37-92-30-18-50(83)69-24-12-21-66-47(80)15-6-9-27-95-61-52(71-40(3)77)58(89)56(87)44(34-74)98-61/h41-44,51-61,72-74,84-89H,4-37,63H2,1-3H3,(H,64,78)(H,65,79)(H,66,80)(H,67,81)(H,68,82)(H,69,83)(H,70,76)(H,71,77)/t41-,42-,43-,44-,51-,52-,53-,54+,55+,56+,57-,58-,59-,60-,61-/m1/s1. The Hall–Kier alpha value is -5.33. The SMILES string of the molecule is CC(=O)C[C@H]1[C@H](OCCCCC(=O)NCCCNC(=O)CCOCC(N)(COCCC(=O)NCCCNC(=O)CCCCO[C@@H]2O[C@H](CO)[C@H](O)[C@H](O)[C@H]2NC(C)=O)COCCC(=O)NCCCNC(=O)CCCCO[C@@H]2O[C@H](CO)[C@H](O)[C@H](O)[C@H]2NC(C)=O)O[C@H](CO)[C@H](O)[C@@H]1O. The number of aliphatic hydroxyl groups excluding tert-OH is 9. The summed E-state index contributed by atoms with van der Waals surface area (Å²) in [6.45, 7) is 3.52. The molecule has 3 fully saturated rings. The highest BCUT2D eigenvalue weighted by atomic mass is 16.7. The molecule has 0 aliphatic carbocycles. The van der Waals surface area contributed by atoms with E-state index in [1.807, 2.05) is 0 Å². The summed E-state index contributed by atoms with van der Waals surface area (Å²) in [7, 11) is 0. The van der Waals surface area contributed by atoms with Crippen LogP contribution in [-0.2, 0) is 85.8 Å². The molecule has 19 N–H and O–H groups in total. The Kier molecular flexibility index (Phi) is 43.7. The quantitative estimate of drug-likeness (QED) is 0.0252. The molecule has 0 aromatic carbocycles.